The number of nitrogens with zero attached hydrogens (tertiary/aromatic N) is 1. The molecule has 0 spiro atoms. The van der Waals surface area contributed by atoms with Gasteiger partial charge in [-0.05, 0) is 58.8 Å². The van der Waals surface area contributed by atoms with Gasteiger partial charge in [-0.2, -0.15) is 0 Å². The Bertz CT molecular complexity index is 276. The molecular weight excluding hydrogens is 346 g/mol. The molecule has 0 unspecified atom stereocenters. The van der Waals surface area contributed by atoms with Gasteiger partial charge in [0, 0.05) is 25.9 Å². The molecule has 0 N–H and O–H groups in total. The van der Waals surface area contributed by atoms with E-state index in [0.717, 1.165) is 6.04 Å². The predicted molar refractivity (Wildman–Crippen MR) is 114 cm³/mol. The van der Waals surface area contributed by atoms with Crippen LogP contribution >= 0.6 is 0 Å². The second-order valence-corrected chi connectivity index (χ2v) is 13.7. The zero-order valence-corrected chi connectivity index (χ0v) is 20.3. The Morgan fingerprint density at radius 2 is 1.16 bits per heavy atom. The molecule has 0 bridgehead atoms. The van der Waals surface area contributed by atoms with E-state index >= 15 is 0 Å². The Morgan fingerprint density at radius 3 is 1.48 bits per heavy atom. The monoisotopic (exact) mass is 391 g/mol. The van der Waals surface area contributed by atoms with Crippen molar-refractivity contribution in [2.45, 2.75) is 97.8 Å². The van der Waals surface area contributed by atoms with Gasteiger partial charge in [0.1, 0.15) is 8.24 Å². The van der Waals surface area contributed by atoms with E-state index < -0.39 is 17.8 Å². The van der Waals surface area contributed by atoms with Gasteiger partial charge >= 0.3 is 9.53 Å². The molecule has 1 aliphatic rings. The van der Waals surface area contributed by atoms with Crippen LogP contribution in [0.3, 0.4) is 0 Å². The van der Waals surface area contributed by atoms with Crippen molar-refractivity contribution in [3.05, 3.63) is 0 Å². The number of hydrogen-bond acceptors (Lipinski definition) is 4. The summed E-state index contributed by atoms with van der Waals surface area (Å²) >= 11 is 0. The molecule has 25 heavy (non-hydrogen) atoms. The first-order chi connectivity index (χ1) is 12.0. The van der Waals surface area contributed by atoms with Crippen molar-refractivity contribution in [1.82, 2.24) is 4.57 Å². The molecule has 0 aromatic rings. The summed E-state index contributed by atoms with van der Waals surface area (Å²) in [6.07, 6.45) is 7.34. The van der Waals surface area contributed by atoms with E-state index in [-0.39, 0.29) is 0 Å². The molecule has 0 aromatic heterocycles. The van der Waals surface area contributed by atoms with Gasteiger partial charge in [-0.1, -0.05) is 40.0 Å². The lowest BCUT2D eigenvalue weighted by molar-refractivity contribution is 0.107. The molecular formula is C19H45NO3Si2. The van der Waals surface area contributed by atoms with Crippen LogP contribution in [0.1, 0.15) is 73.6 Å². The summed E-state index contributed by atoms with van der Waals surface area (Å²) < 4.78 is 18.5. The zero-order valence-electron chi connectivity index (χ0n) is 18.1. The minimum absolute atomic E-state index is 0.677. The minimum atomic E-state index is -1.73. The molecule has 0 saturated heterocycles. The van der Waals surface area contributed by atoms with Gasteiger partial charge in [0.2, 0.25) is 0 Å². The molecule has 4 nitrogen and oxygen atoms in total. The minimum Gasteiger partial charge on any atom is -0.376 e. The van der Waals surface area contributed by atoms with E-state index in [1.165, 1.54) is 50.2 Å². The summed E-state index contributed by atoms with van der Waals surface area (Å²) in [4.78, 5) is 0. The highest BCUT2D eigenvalue weighted by Gasteiger charge is 2.36. The molecule has 0 aromatic carbocycles. The van der Waals surface area contributed by atoms with Crippen LogP contribution in [0.15, 0.2) is 0 Å². The zero-order chi connectivity index (χ0) is 19.1. The Labute approximate surface area is 160 Å². The first kappa shape index (κ1) is 25.3. The molecule has 0 atom stereocenters. The van der Waals surface area contributed by atoms with Crippen LogP contribution in [0.2, 0.25) is 18.1 Å². The van der Waals surface area contributed by atoms with E-state index in [4.69, 9.17) is 13.3 Å². The second-order valence-electron chi connectivity index (χ2n) is 6.84. The van der Waals surface area contributed by atoms with E-state index in [2.05, 4.69) is 32.4 Å². The van der Waals surface area contributed by atoms with Gasteiger partial charge in [-0.15, -0.1) is 0 Å². The van der Waals surface area contributed by atoms with Crippen LogP contribution in [-0.4, -0.2) is 55.2 Å². The van der Waals surface area contributed by atoms with Crippen LogP contribution in [0.5, 0.6) is 0 Å². The first-order valence-electron chi connectivity index (χ1n) is 10.6. The average molecular weight is 392 g/mol. The molecule has 1 fully saturated rings. The van der Waals surface area contributed by atoms with Gasteiger partial charge in [-0.25, -0.2) is 0 Å². The molecule has 0 heterocycles. The van der Waals surface area contributed by atoms with Crippen molar-refractivity contribution in [2.24, 2.45) is 0 Å². The average Bonchev–Trinajstić information content (AvgIpc) is 2.65. The highest BCUT2D eigenvalue weighted by Crippen LogP contribution is 2.31. The van der Waals surface area contributed by atoms with Crippen molar-refractivity contribution in [3.63, 3.8) is 0 Å². The van der Waals surface area contributed by atoms with Gasteiger partial charge in [0.15, 0.2) is 0 Å². The van der Waals surface area contributed by atoms with Gasteiger partial charge < -0.3 is 17.8 Å². The van der Waals surface area contributed by atoms with Crippen molar-refractivity contribution in [3.8, 4) is 0 Å². The maximum absolute atomic E-state index is 5.22. The van der Waals surface area contributed by atoms with Crippen molar-refractivity contribution >= 4 is 17.8 Å². The molecule has 1 saturated carbocycles. The molecule has 0 amide bonds. The Kier molecular flexibility index (Phi) is 15.5. The van der Waals surface area contributed by atoms with Crippen LogP contribution in [0.25, 0.3) is 0 Å². The fourth-order valence-electron chi connectivity index (χ4n) is 3.91. The SMILES string of the molecule is CCO[SiH](OCC)OCC.CC[Si](CC)(CC)N(C)C1CCCCC1. The van der Waals surface area contributed by atoms with Crippen LogP contribution < -0.4 is 0 Å². The van der Waals surface area contributed by atoms with Gasteiger partial charge in [0.25, 0.3) is 0 Å². The van der Waals surface area contributed by atoms with E-state index in [1.807, 2.05) is 20.8 Å². The normalized spacial score (nSPS) is 16.2. The van der Waals surface area contributed by atoms with E-state index in [0.29, 0.717) is 19.8 Å². The quantitative estimate of drug-likeness (QED) is 0.460. The van der Waals surface area contributed by atoms with Crippen molar-refractivity contribution in [2.75, 3.05) is 26.9 Å². The van der Waals surface area contributed by atoms with Crippen LogP contribution in [0.4, 0.5) is 0 Å². The summed E-state index contributed by atoms with van der Waals surface area (Å²) in [5.74, 6) is 0. The fourth-order valence-corrected chi connectivity index (χ4v) is 9.04. The molecule has 6 heteroatoms. The Balaban J connectivity index is 0.000000504. The third kappa shape index (κ3) is 9.15. The largest absolute Gasteiger partial charge is 0.484 e. The van der Waals surface area contributed by atoms with E-state index in [1.54, 1.807) is 0 Å². The summed E-state index contributed by atoms with van der Waals surface area (Å²) in [6.45, 7) is 15.1. The van der Waals surface area contributed by atoms with Gasteiger partial charge in [-0.3, -0.25) is 0 Å². The summed E-state index contributed by atoms with van der Waals surface area (Å²) in [5.41, 5.74) is 0. The summed E-state index contributed by atoms with van der Waals surface area (Å²) in [7, 11) is -0.379. The molecule has 1 aliphatic carbocycles. The lowest BCUT2D eigenvalue weighted by Crippen LogP contribution is -2.55. The predicted octanol–water partition coefficient (Wildman–Crippen LogP) is 5.07. The highest BCUT2D eigenvalue weighted by molar-refractivity contribution is 6.77. The lowest BCUT2D eigenvalue weighted by Gasteiger charge is -2.44. The highest BCUT2D eigenvalue weighted by atomic mass is 28.3. The molecule has 152 valence electrons. The third-order valence-corrected chi connectivity index (χ3v) is 13.4. The van der Waals surface area contributed by atoms with Crippen molar-refractivity contribution in [1.29, 1.82) is 0 Å². The van der Waals surface area contributed by atoms with Crippen LogP contribution in [0, 0.1) is 0 Å². The van der Waals surface area contributed by atoms with Crippen molar-refractivity contribution < 1.29 is 13.3 Å². The van der Waals surface area contributed by atoms with Gasteiger partial charge in [0.05, 0.1) is 0 Å². The second kappa shape index (κ2) is 15.3. The summed E-state index contributed by atoms with van der Waals surface area (Å²) in [5, 5.41) is 0. The smallest absolute Gasteiger partial charge is 0.376 e. The fraction of sp³-hybridized carbons (Fsp3) is 1.00. The summed E-state index contributed by atoms with van der Waals surface area (Å²) in [6, 6.07) is 5.23. The third-order valence-electron chi connectivity index (χ3n) is 5.75. The Hall–Kier alpha value is 0.274. The molecule has 0 aliphatic heterocycles. The van der Waals surface area contributed by atoms with Crippen LogP contribution in [-0.2, 0) is 13.3 Å². The first-order valence-corrected chi connectivity index (χ1v) is 14.6. The standard InChI is InChI=1S/C13H29NSi.C6H16O3Si/c1-5-15(6-2,7-3)14(4)13-11-9-8-10-12-13;1-4-7-10(8-5-2)9-6-3/h13H,5-12H2,1-4H3;10H,4-6H2,1-3H3. The number of hydrogen-bond donors (Lipinski definition) is 0. The van der Waals surface area contributed by atoms with E-state index in [9.17, 15) is 0 Å². The maximum Gasteiger partial charge on any atom is 0.484 e. The maximum atomic E-state index is 5.22. The number of rotatable bonds is 11. The lowest BCUT2D eigenvalue weighted by atomic mass is 9.96. The Morgan fingerprint density at radius 1 is 0.760 bits per heavy atom. The molecule has 0 radical (unpaired) electrons. The topological polar surface area (TPSA) is 30.9 Å². The molecule has 1 rings (SSSR count).